The van der Waals surface area contributed by atoms with Crippen LogP contribution in [0.25, 0.3) is 0 Å². The van der Waals surface area contributed by atoms with E-state index in [9.17, 15) is 9.90 Å². The fourth-order valence-electron chi connectivity index (χ4n) is 2.33. The van der Waals surface area contributed by atoms with E-state index in [4.69, 9.17) is 0 Å². The Balaban J connectivity index is 2.69. The molecule has 0 fully saturated rings. The molecule has 1 atom stereocenters. The van der Waals surface area contributed by atoms with Crippen molar-refractivity contribution < 1.29 is 9.90 Å². The van der Waals surface area contributed by atoms with Crippen LogP contribution in [-0.4, -0.2) is 42.1 Å². The number of hydrogen-bond donors (Lipinski definition) is 2. The van der Waals surface area contributed by atoms with E-state index in [1.165, 1.54) is 0 Å². The SMILES string of the molecule is C=CCNC(=O)CN(CC(O)c1ccccc1)CC(C)(C)C. The fourth-order valence-corrected chi connectivity index (χ4v) is 2.33. The highest BCUT2D eigenvalue weighted by molar-refractivity contribution is 5.78. The molecule has 1 unspecified atom stereocenters. The second kappa shape index (κ2) is 8.71. The van der Waals surface area contributed by atoms with Gasteiger partial charge in [-0.15, -0.1) is 6.58 Å². The summed E-state index contributed by atoms with van der Waals surface area (Å²) >= 11 is 0. The summed E-state index contributed by atoms with van der Waals surface area (Å²) in [6.45, 7) is 11.9. The van der Waals surface area contributed by atoms with Gasteiger partial charge in [-0.25, -0.2) is 0 Å². The van der Waals surface area contributed by atoms with Crippen molar-refractivity contribution in [3.63, 3.8) is 0 Å². The molecule has 1 aromatic rings. The largest absolute Gasteiger partial charge is 0.387 e. The van der Waals surface area contributed by atoms with Crippen molar-refractivity contribution in [3.05, 3.63) is 48.6 Å². The third-order valence-corrected chi connectivity index (χ3v) is 3.12. The first-order valence-electron chi connectivity index (χ1n) is 7.65. The van der Waals surface area contributed by atoms with Crippen LogP contribution in [0.2, 0.25) is 0 Å². The molecule has 1 aromatic carbocycles. The fraction of sp³-hybridized carbons (Fsp3) is 0.500. The van der Waals surface area contributed by atoms with Crippen LogP contribution in [0.4, 0.5) is 0 Å². The summed E-state index contributed by atoms with van der Waals surface area (Å²) in [5.74, 6) is -0.0515. The molecule has 4 nitrogen and oxygen atoms in total. The molecule has 22 heavy (non-hydrogen) atoms. The van der Waals surface area contributed by atoms with Gasteiger partial charge in [-0.1, -0.05) is 57.2 Å². The van der Waals surface area contributed by atoms with Gasteiger partial charge in [0.25, 0.3) is 0 Å². The van der Waals surface area contributed by atoms with Crippen LogP contribution in [0.5, 0.6) is 0 Å². The topological polar surface area (TPSA) is 52.6 Å². The number of aliphatic hydroxyl groups is 1. The van der Waals surface area contributed by atoms with Crippen molar-refractivity contribution in [2.75, 3.05) is 26.2 Å². The molecule has 4 heteroatoms. The van der Waals surface area contributed by atoms with Gasteiger partial charge in [0.1, 0.15) is 0 Å². The second-order valence-electron chi connectivity index (χ2n) is 6.75. The molecule has 0 spiro atoms. The number of carbonyl (C=O) groups excluding carboxylic acids is 1. The van der Waals surface area contributed by atoms with Crippen LogP contribution in [0.15, 0.2) is 43.0 Å². The van der Waals surface area contributed by atoms with Gasteiger partial charge in [0, 0.05) is 19.6 Å². The molecule has 0 saturated carbocycles. The van der Waals surface area contributed by atoms with Crippen molar-refractivity contribution in [1.29, 1.82) is 0 Å². The van der Waals surface area contributed by atoms with Gasteiger partial charge in [-0.2, -0.15) is 0 Å². The van der Waals surface area contributed by atoms with Crippen molar-refractivity contribution in [2.45, 2.75) is 26.9 Å². The van der Waals surface area contributed by atoms with Crippen LogP contribution in [0.1, 0.15) is 32.4 Å². The van der Waals surface area contributed by atoms with Crippen LogP contribution < -0.4 is 5.32 Å². The van der Waals surface area contributed by atoms with Crippen LogP contribution in [-0.2, 0) is 4.79 Å². The molecule has 1 rings (SSSR count). The number of hydrogen-bond acceptors (Lipinski definition) is 3. The van der Waals surface area contributed by atoms with Gasteiger partial charge >= 0.3 is 0 Å². The summed E-state index contributed by atoms with van der Waals surface area (Å²) in [7, 11) is 0. The molecule has 0 aromatic heterocycles. The van der Waals surface area contributed by atoms with Crippen molar-refractivity contribution in [3.8, 4) is 0 Å². The Morgan fingerprint density at radius 2 is 2.00 bits per heavy atom. The van der Waals surface area contributed by atoms with E-state index in [1.54, 1.807) is 6.08 Å². The molecule has 0 saturated heterocycles. The molecule has 0 heterocycles. The monoisotopic (exact) mass is 304 g/mol. The predicted molar refractivity (Wildman–Crippen MR) is 90.5 cm³/mol. The smallest absolute Gasteiger partial charge is 0.234 e. The Labute approximate surface area is 133 Å². The number of aliphatic hydroxyl groups excluding tert-OH is 1. The Morgan fingerprint density at radius 3 is 2.55 bits per heavy atom. The Hall–Kier alpha value is -1.65. The molecule has 0 radical (unpaired) electrons. The van der Waals surface area contributed by atoms with E-state index in [-0.39, 0.29) is 17.9 Å². The number of rotatable bonds is 8. The number of carbonyl (C=O) groups is 1. The molecule has 1 amide bonds. The first-order valence-corrected chi connectivity index (χ1v) is 7.65. The third-order valence-electron chi connectivity index (χ3n) is 3.12. The van der Waals surface area contributed by atoms with Crippen molar-refractivity contribution >= 4 is 5.91 Å². The number of benzene rings is 1. The molecule has 122 valence electrons. The lowest BCUT2D eigenvalue weighted by molar-refractivity contribution is -0.122. The van der Waals surface area contributed by atoms with Crippen molar-refractivity contribution in [1.82, 2.24) is 10.2 Å². The summed E-state index contributed by atoms with van der Waals surface area (Å²) < 4.78 is 0. The Kier molecular flexibility index (Phi) is 7.28. The maximum atomic E-state index is 11.9. The Bertz CT molecular complexity index is 466. The lowest BCUT2D eigenvalue weighted by atomic mass is 9.95. The summed E-state index contributed by atoms with van der Waals surface area (Å²) in [6.07, 6.45) is 1.06. The summed E-state index contributed by atoms with van der Waals surface area (Å²) in [4.78, 5) is 13.9. The molecule has 0 bridgehead atoms. The van der Waals surface area contributed by atoms with Gasteiger partial charge < -0.3 is 10.4 Å². The standard InChI is InChI=1S/C18H28N2O2/c1-5-11-19-17(22)13-20(14-18(2,3)4)12-16(21)15-9-7-6-8-10-15/h5-10,16,21H,1,11-14H2,2-4H3,(H,19,22). The van der Waals surface area contributed by atoms with E-state index in [0.29, 0.717) is 13.1 Å². The highest BCUT2D eigenvalue weighted by Crippen LogP contribution is 2.19. The average Bonchev–Trinajstić information content (AvgIpc) is 2.44. The lowest BCUT2D eigenvalue weighted by Gasteiger charge is -2.31. The highest BCUT2D eigenvalue weighted by Gasteiger charge is 2.21. The van der Waals surface area contributed by atoms with Crippen LogP contribution >= 0.6 is 0 Å². The first kappa shape index (κ1) is 18.4. The number of nitrogens with one attached hydrogen (secondary N) is 1. The molecular formula is C18H28N2O2. The predicted octanol–water partition coefficient (Wildman–Crippen LogP) is 2.37. The van der Waals surface area contributed by atoms with Gasteiger partial charge in [0.2, 0.25) is 5.91 Å². The third kappa shape index (κ3) is 7.38. The molecule has 2 N–H and O–H groups in total. The number of nitrogens with zero attached hydrogens (tertiary/aromatic N) is 1. The maximum Gasteiger partial charge on any atom is 0.234 e. The van der Waals surface area contributed by atoms with E-state index in [2.05, 4.69) is 32.7 Å². The van der Waals surface area contributed by atoms with Gasteiger partial charge in [-0.05, 0) is 11.0 Å². The minimum Gasteiger partial charge on any atom is -0.387 e. The quantitative estimate of drug-likeness (QED) is 0.725. The van der Waals surface area contributed by atoms with E-state index in [1.807, 2.05) is 35.2 Å². The minimum atomic E-state index is -0.601. The number of amides is 1. The van der Waals surface area contributed by atoms with E-state index < -0.39 is 6.10 Å². The van der Waals surface area contributed by atoms with Crippen LogP contribution in [0.3, 0.4) is 0 Å². The Morgan fingerprint density at radius 1 is 1.36 bits per heavy atom. The zero-order chi connectivity index (χ0) is 16.6. The summed E-state index contributed by atoms with van der Waals surface area (Å²) in [5, 5.41) is 13.2. The normalized spacial score (nSPS) is 13.0. The van der Waals surface area contributed by atoms with Gasteiger partial charge in [0.05, 0.1) is 12.6 Å². The van der Waals surface area contributed by atoms with Crippen molar-refractivity contribution in [2.24, 2.45) is 5.41 Å². The zero-order valence-corrected chi connectivity index (χ0v) is 13.9. The van der Waals surface area contributed by atoms with Gasteiger partial charge in [-0.3, -0.25) is 9.69 Å². The average molecular weight is 304 g/mol. The van der Waals surface area contributed by atoms with E-state index >= 15 is 0 Å². The molecule has 0 aliphatic rings. The highest BCUT2D eigenvalue weighted by atomic mass is 16.3. The first-order chi connectivity index (χ1) is 10.3. The lowest BCUT2D eigenvalue weighted by Crippen LogP contribution is -2.42. The van der Waals surface area contributed by atoms with Crippen LogP contribution in [0, 0.1) is 5.41 Å². The summed E-state index contributed by atoms with van der Waals surface area (Å²) in [5.41, 5.74) is 0.919. The van der Waals surface area contributed by atoms with Gasteiger partial charge in [0.15, 0.2) is 0 Å². The zero-order valence-electron chi connectivity index (χ0n) is 13.9. The molecular weight excluding hydrogens is 276 g/mol. The molecule has 0 aliphatic carbocycles. The minimum absolute atomic E-state index is 0.0507. The second-order valence-corrected chi connectivity index (χ2v) is 6.75. The van der Waals surface area contributed by atoms with E-state index in [0.717, 1.165) is 12.1 Å². The summed E-state index contributed by atoms with van der Waals surface area (Å²) in [6, 6.07) is 9.54. The maximum absolute atomic E-state index is 11.9. The molecule has 0 aliphatic heterocycles.